The zero-order valence-electron chi connectivity index (χ0n) is 11.8. The summed E-state index contributed by atoms with van der Waals surface area (Å²) >= 11 is 0. The van der Waals surface area contributed by atoms with E-state index in [1.54, 1.807) is 14.0 Å². The summed E-state index contributed by atoms with van der Waals surface area (Å²) in [6, 6.07) is 5.46. The standard InChI is InChI=1S/C14H20N4O2/c1-11(10-19)17(2)14(20)15-7-6-12-9-18-8-4-3-5-13(18)16-12/h3-5,8-9,11,19H,6-7,10H2,1-2H3,(H,15,20). The summed E-state index contributed by atoms with van der Waals surface area (Å²) < 4.78 is 1.96. The Morgan fingerprint density at radius 3 is 3.05 bits per heavy atom. The van der Waals surface area contributed by atoms with Crippen molar-refractivity contribution in [1.29, 1.82) is 0 Å². The van der Waals surface area contributed by atoms with Gasteiger partial charge in [-0.1, -0.05) is 6.07 Å². The highest BCUT2D eigenvalue weighted by molar-refractivity contribution is 5.74. The van der Waals surface area contributed by atoms with Gasteiger partial charge in [0.2, 0.25) is 0 Å². The van der Waals surface area contributed by atoms with Gasteiger partial charge in [0.1, 0.15) is 5.65 Å². The van der Waals surface area contributed by atoms with Gasteiger partial charge in [0.05, 0.1) is 18.3 Å². The lowest BCUT2D eigenvalue weighted by atomic mass is 10.3. The number of nitrogens with one attached hydrogen (secondary N) is 1. The SMILES string of the molecule is CC(CO)N(C)C(=O)NCCc1cn2ccccc2n1. The van der Waals surface area contributed by atoms with E-state index in [0.717, 1.165) is 11.3 Å². The second kappa shape index (κ2) is 6.38. The van der Waals surface area contributed by atoms with Crippen LogP contribution < -0.4 is 5.32 Å². The van der Waals surface area contributed by atoms with Crippen molar-refractivity contribution in [3.63, 3.8) is 0 Å². The lowest BCUT2D eigenvalue weighted by Crippen LogP contribution is -2.44. The minimum absolute atomic E-state index is 0.0453. The van der Waals surface area contributed by atoms with Crippen molar-refractivity contribution in [1.82, 2.24) is 19.6 Å². The number of hydrogen-bond donors (Lipinski definition) is 2. The molecular weight excluding hydrogens is 256 g/mol. The molecule has 20 heavy (non-hydrogen) atoms. The third-order valence-electron chi connectivity index (χ3n) is 3.32. The van der Waals surface area contributed by atoms with Crippen LogP contribution in [0.3, 0.4) is 0 Å². The van der Waals surface area contributed by atoms with E-state index in [2.05, 4.69) is 10.3 Å². The predicted octanol–water partition coefficient (Wildman–Crippen LogP) is 0.899. The van der Waals surface area contributed by atoms with Gasteiger partial charge in [-0.3, -0.25) is 0 Å². The summed E-state index contributed by atoms with van der Waals surface area (Å²) in [6.07, 6.45) is 4.58. The number of pyridine rings is 1. The summed E-state index contributed by atoms with van der Waals surface area (Å²) in [4.78, 5) is 17.7. The highest BCUT2D eigenvalue weighted by atomic mass is 16.3. The highest BCUT2D eigenvalue weighted by Crippen LogP contribution is 2.04. The largest absolute Gasteiger partial charge is 0.394 e. The molecule has 0 fully saturated rings. The molecule has 6 heteroatoms. The Hall–Kier alpha value is -2.08. The number of carbonyl (C=O) groups is 1. The smallest absolute Gasteiger partial charge is 0.317 e. The molecule has 2 aromatic rings. The Labute approximate surface area is 118 Å². The van der Waals surface area contributed by atoms with E-state index < -0.39 is 0 Å². The number of aliphatic hydroxyl groups excluding tert-OH is 1. The highest BCUT2D eigenvalue weighted by Gasteiger charge is 2.14. The van der Waals surface area contributed by atoms with E-state index in [1.165, 1.54) is 4.90 Å². The van der Waals surface area contributed by atoms with Crippen molar-refractivity contribution in [3.05, 3.63) is 36.3 Å². The number of imidazole rings is 1. The van der Waals surface area contributed by atoms with E-state index in [4.69, 9.17) is 5.11 Å². The van der Waals surface area contributed by atoms with Crippen LogP contribution in [0.15, 0.2) is 30.6 Å². The number of nitrogens with zero attached hydrogens (tertiary/aromatic N) is 3. The van der Waals surface area contributed by atoms with Crippen molar-refractivity contribution >= 4 is 11.7 Å². The van der Waals surface area contributed by atoms with Gasteiger partial charge in [0.25, 0.3) is 0 Å². The summed E-state index contributed by atoms with van der Waals surface area (Å²) in [5, 5.41) is 11.8. The molecule has 2 aromatic heterocycles. The van der Waals surface area contributed by atoms with Crippen LogP contribution in [-0.4, -0.2) is 51.7 Å². The van der Waals surface area contributed by atoms with Crippen LogP contribution in [0.5, 0.6) is 0 Å². The van der Waals surface area contributed by atoms with Crippen LogP contribution in [0.1, 0.15) is 12.6 Å². The number of aromatic nitrogens is 2. The second-order valence-corrected chi connectivity index (χ2v) is 4.82. The Kier molecular flexibility index (Phi) is 4.57. The molecule has 0 aromatic carbocycles. The number of likely N-dealkylation sites (N-methyl/N-ethyl adjacent to an activating group) is 1. The van der Waals surface area contributed by atoms with Crippen LogP contribution in [-0.2, 0) is 6.42 Å². The zero-order chi connectivity index (χ0) is 14.5. The molecule has 0 saturated heterocycles. The number of rotatable bonds is 5. The lowest BCUT2D eigenvalue weighted by Gasteiger charge is -2.23. The number of urea groups is 1. The van der Waals surface area contributed by atoms with Gasteiger partial charge < -0.3 is 19.7 Å². The first-order valence-corrected chi connectivity index (χ1v) is 6.66. The number of carbonyl (C=O) groups excluding carboxylic acids is 1. The summed E-state index contributed by atoms with van der Waals surface area (Å²) in [5.41, 5.74) is 1.84. The average Bonchev–Trinajstić information content (AvgIpc) is 2.88. The van der Waals surface area contributed by atoms with Gasteiger partial charge in [-0.2, -0.15) is 0 Å². The van der Waals surface area contributed by atoms with Gasteiger partial charge in [-0.25, -0.2) is 9.78 Å². The fraction of sp³-hybridized carbons (Fsp3) is 0.429. The Morgan fingerprint density at radius 2 is 2.35 bits per heavy atom. The molecule has 0 spiro atoms. The maximum Gasteiger partial charge on any atom is 0.317 e. The maximum absolute atomic E-state index is 11.8. The summed E-state index contributed by atoms with van der Waals surface area (Å²) in [6.45, 7) is 2.27. The molecule has 2 rings (SSSR count). The van der Waals surface area contributed by atoms with Crippen molar-refractivity contribution < 1.29 is 9.90 Å². The monoisotopic (exact) mass is 276 g/mol. The van der Waals surface area contributed by atoms with Gasteiger partial charge >= 0.3 is 6.03 Å². The summed E-state index contributed by atoms with van der Waals surface area (Å²) in [7, 11) is 1.67. The number of amides is 2. The first-order valence-electron chi connectivity index (χ1n) is 6.66. The molecule has 2 N–H and O–H groups in total. The Morgan fingerprint density at radius 1 is 1.55 bits per heavy atom. The number of hydrogen-bond acceptors (Lipinski definition) is 3. The third kappa shape index (κ3) is 3.27. The van der Waals surface area contributed by atoms with E-state index in [0.29, 0.717) is 13.0 Å². The fourth-order valence-electron chi connectivity index (χ4n) is 1.85. The molecule has 0 aliphatic rings. The topological polar surface area (TPSA) is 69.9 Å². The van der Waals surface area contributed by atoms with Crippen LogP contribution in [0.25, 0.3) is 5.65 Å². The van der Waals surface area contributed by atoms with Crippen LogP contribution in [0.4, 0.5) is 4.79 Å². The van der Waals surface area contributed by atoms with Crippen molar-refractivity contribution in [2.24, 2.45) is 0 Å². The van der Waals surface area contributed by atoms with E-state index in [1.807, 2.05) is 35.0 Å². The minimum atomic E-state index is -0.190. The quantitative estimate of drug-likeness (QED) is 0.852. The molecular formula is C14H20N4O2. The molecule has 2 amide bonds. The van der Waals surface area contributed by atoms with Crippen molar-refractivity contribution in [3.8, 4) is 0 Å². The lowest BCUT2D eigenvalue weighted by molar-refractivity contribution is 0.157. The molecule has 0 saturated carbocycles. The van der Waals surface area contributed by atoms with Gasteiger partial charge in [-0.05, 0) is 19.1 Å². The number of fused-ring (bicyclic) bond motifs is 1. The van der Waals surface area contributed by atoms with Gasteiger partial charge in [0, 0.05) is 32.4 Å². The molecule has 0 aliphatic carbocycles. The van der Waals surface area contributed by atoms with Crippen LogP contribution in [0, 0.1) is 0 Å². The molecule has 1 atom stereocenters. The fourth-order valence-corrected chi connectivity index (χ4v) is 1.85. The molecule has 1 unspecified atom stereocenters. The first kappa shape index (κ1) is 14.3. The van der Waals surface area contributed by atoms with Crippen molar-refractivity contribution in [2.45, 2.75) is 19.4 Å². The Bertz CT molecular complexity index is 548. The van der Waals surface area contributed by atoms with Gasteiger partial charge in [-0.15, -0.1) is 0 Å². The minimum Gasteiger partial charge on any atom is -0.394 e. The molecule has 0 bridgehead atoms. The van der Waals surface area contributed by atoms with E-state index >= 15 is 0 Å². The predicted molar refractivity (Wildman–Crippen MR) is 76.6 cm³/mol. The van der Waals surface area contributed by atoms with E-state index in [-0.39, 0.29) is 18.7 Å². The summed E-state index contributed by atoms with van der Waals surface area (Å²) in [5.74, 6) is 0. The molecule has 6 nitrogen and oxygen atoms in total. The zero-order valence-corrected chi connectivity index (χ0v) is 11.8. The van der Waals surface area contributed by atoms with Crippen LogP contribution >= 0.6 is 0 Å². The Balaban J connectivity index is 1.85. The van der Waals surface area contributed by atoms with Gasteiger partial charge in [0.15, 0.2) is 0 Å². The second-order valence-electron chi connectivity index (χ2n) is 4.82. The maximum atomic E-state index is 11.8. The third-order valence-corrected chi connectivity index (χ3v) is 3.32. The molecule has 108 valence electrons. The van der Waals surface area contributed by atoms with Crippen molar-refractivity contribution in [2.75, 3.05) is 20.2 Å². The molecule has 0 aliphatic heterocycles. The van der Waals surface area contributed by atoms with E-state index in [9.17, 15) is 4.79 Å². The normalized spacial score (nSPS) is 12.3. The number of aliphatic hydroxyl groups is 1. The molecule has 0 radical (unpaired) electrons. The average molecular weight is 276 g/mol. The molecule has 2 heterocycles. The van der Waals surface area contributed by atoms with Crippen LogP contribution in [0.2, 0.25) is 0 Å². The first-order chi connectivity index (χ1) is 9.61.